The molecule has 2 rings (SSSR count). The number of hydrogen-bond donors (Lipinski definition) is 0. The predicted molar refractivity (Wildman–Crippen MR) is 78.2 cm³/mol. The van der Waals surface area contributed by atoms with Gasteiger partial charge < -0.3 is 0 Å². The van der Waals surface area contributed by atoms with Crippen LogP contribution in [-0.4, -0.2) is 0 Å². The fourth-order valence-corrected chi connectivity index (χ4v) is 3.11. The van der Waals surface area contributed by atoms with Crippen molar-refractivity contribution < 1.29 is 4.39 Å². The van der Waals surface area contributed by atoms with Gasteiger partial charge in [-0.1, -0.05) is 63.4 Å². The van der Waals surface area contributed by atoms with E-state index in [2.05, 4.69) is 15.9 Å². The first-order chi connectivity index (χ1) is 8.59. The smallest absolute Gasteiger partial charge is 0.127 e. The third-order valence-electron chi connectivity index (χ3n) is 2.69. The molecule has 2 aromatic rings. The minimum Gasteiger partial charge on any atom is -0.207 e. The molecule has 2 aromatic carbocycles. The topological polar surface area (TPSA) is 0 Å². The fraction of sp³-hybridized carbons (Fsp3) is 0.143. The summed E-state index contributed by atoms with van der Waals surface area (Å²) in [6.07, 6.45) is 0.454. The molecular weight excluding hydrogens is 338 g/mol. The van der Waals surface area contributed by atoms with Crippen molar-refractivity contribution in [3.8, 4) is 0 Å². The molecule has 0 saturated carbocycles. The average Bonchev–Trinajstić information content (AvgIpc) is 2.34. The first-order valence-electron chi connectivity index (χ1n) is 5.41. The van der Waals surface area contributed by atoms with Crippen LogP contribution in [0.1, 0.15) is 16.0 Å². The van der Waals surface area contributed by atoms with E-state index >= 15 is 0 Å². The third-order valence-corrected chi connectivity index (χ3v) is 4.20. The molecule has 0 amide bonds. The molecule has 0 saturated heterocycles. The van der Waals surface area contributed by atoms with Crippen LogP contribution in [0.25, 0.3) is 0 Å². The van der Waals surface area contributed by atoms with Crippen LogP contribution >= 0.6 is 39.1 Å². The highest BCUT2D eigenvalue weighted by molar-refractivity contribution is 9.09. The van der Waals surface area contributed by atoms with Gasteiger partial charge in [0.05, 0.1) is 0 Å². The molecule has 18 heavy (non-hydrogen) atoms. The van der Waals surface area contributed by atoms with E-state index in [4.69, 9.17) is 23.2 Å². The molecule has 0 heterocycles. The normalized spacial score (nSPS) is 12.4. The van der Waals surface area contributed by atoms with Gasteiger partial charge in [0.15, 0.2) is 0 Å². The Labute approximate surface area is 124 Å². The lowest BCUT2D eigenvalue weighted by Crippen LogP contribution is -1.99. The van der Waals surface area contributed by atoms with Gasteiger partial charge >= 0.3 is 0 Å². The first kappa shape index (κ1) is 13.9. The molecule has 0 aromatic heterocycles. The zero-order valence-electron chi connectivity index (χ0n) is 9.34. The minimum atomic E-state index is -0.293. The standard InChI is InChI=1S/C14H10BrCl2F/c15-11(9-4-1-2-5-12(9)16)8-10-13(17)6-3-7-14(10)18/h1-7,11H,8H2. The fourth-order valence-electron chi connectivity index (χ4n) is 1.75. The van der Waals surface area contributed by atoms with E-state index in [-0.39, 0.29) is 10.6 Å². The Bertz CT molecular complexity index is 537. The van der Waals surface area contributed by atoms with Crippen molar-refractivity contribution in [3.05, 3.63) is 69.5 Å². The molecule has 0 bridgehead atoms. The highest BCUT2D eigenvalue weighted by atomic mass is 79.9. The monoisotopic (exact) mass is 346 g/mol. The Balaban J connectivity index is 2.27. The Kier molecular flexibility index (Phi) is 4.66. The Morgan fingerprint density at radius 3 is 2.33 bits per heavy atom. The second-order valence-electron chi connectivity index (χ2n) is 3.89. The largest absolute Gasteiger partial charge is 0.207 e. The quantitative estimate of drug-likeness (QED) is 0.614. The molecule has 0 aliphatic carbocycles. The van der Waals surface area contributed by atoms with Crippen molar-refractivity contribution in [2.24, 2.45) is 0 Å². The first-order valence-corrected chi connectivity index (χ1v) is 7.08. The summed E-state index contributed by atoms with van der Waals surface area (Å²) in [6, 6.07) is 12.2. The second-order valence-corrected chi connectivity index (χ2v) is 5.81. The van der Waals surface area contributed by atoms with Crippen LogP contribution in [0.3, 0.4) is 0 Å². The highest BCUT2D eigenvalue weighted by Gasteiger charge is 2.16. The summed E-state index contributed by atoms with van der Waals surface area (Å²) in [5, 5.41) is 1.10. The number of alkyl halides is 1. The van der Waals surface area contributed by atoms with Crippen LogP contribution < -0.4 is 0 Å². The van der Waals surface area contributed by atoms with Crippen LogP contribution in [-0.2, 0) is 6.42 Å². The maximum atomic E-state index is 13.7. The number of benzene rings is 2. The Morgan fingerprint density at radius 1 is 1.00 bits per heavy atom. The van der Waals surface area contributed by atoms with Crippen LogP contribution in [0.2, 0.25) is 10.0 Å². The molecule has 0 nitrogen and oxygen atoms in total. The molecule has 0 aliphatic heterocycles. The van der Waals surface area contributed by atoms with Gasteiger partial charge in [-0.3, -0.25) is 0 Å². The molecule has 0 aliphatic rings. The molecule has 0 radical (unpaired) electrons. The molecule has 0 spiro atoms. The lowest BCUT2D eigenvalue weighted by atomic mass is 10.0. The predicted octanol–water partition coefficient (Wildman–Crippen LogP) is 5.81. The summed E-state index contributed by atoms with van der Waals surface area (Å²) in [5.41, 5.74) is 1.43. The average molecular weight is 348 g/mol. The summed E-state index contributed by atoms with van der Waals surface area (Å²) >= 11 is 15.6. The SMILES string of the molecule is Fc1cccc(Cl)c1CC(Br)c1ccccc1Cl. The van der Waals surface area contributed by atoms with E-state index in [9.17, 15) is 4.39 Å². The summed E-state index contributed by atoms with van der Waals surface area (Å²) in [7, 11) is 0. The summed E-state index contributed by atoms with van der Waals surface area (Å²) in [5.74, 6) is -0.293. The minimum absolute atomic E-state index is 0.0689. The van der Waals surface area contributed by atoms with Crippen molar-refractivity contribution in [2.75, 3.05) is 0 Å². The van der Waals surface area contributed by atoms with Gasteiger partial charge in [-0.05, 0) is 30.2 Å². The number of rotatable bonds is 3. The molecule has 94 valence electrons. The van der Waals surface area contributed by atoms with Gasteiger partial charge in [0.1, 0.15) is 5.82 Å². The highest BCUT2D eigenvalue weighted by Crippen LogP contribution is 2.34. The Hall–Kier alpha value is -0.570. The van der Waals surface area contributed by atoms with Crippen molar-refractivity contribution in [1.29, 1.82) is 0 Å². The molecule has 1 unspecified atom stereocenters. The van der Waals surface area contributed by atoms with Crippen LogP contribution in [0.15, 0.2) is 42.5 Å². The van der Waals surface area contributed by atoms with Gasteiger partial charge in [-0.25, -0.2) is 4.39 Å². The van der Waals surface area contributed by atoms with Gasteiger partial charge in [-0.15, -0.1) is 0 Å². The van der Waals surface area contributed by atoms with Crippen molar-refractivity contribution >= 4 is 39.1 Å². The molecular formula is C14H10BrCl2F. The lowest BCUT2D eigenvalue weighted by Gasteiger charge is -2.13. The maximum absolute atomic E-state index is 13.7. The number of hydrogen-bond acceptors (Lipinski definition) is 0. The zero-order chi connectivity index (χ0) is 13.1. The molecule has 0 N–H and O–H groups in total. The van der Waals surface area contributed by atoms with Crippen molar-refractivity contribution in [2.45, 2.75) is 11.2 Å². The van der Waals surface area contributed by atoms with Crippen LogP contribution in [0, 0.1) is 5.82 Å². The van der Waals surface area contributed by atoms with Crippen LogP contribution in [0.4, 0.5) is 4.39 Å². The summed E-state index contributed by atoms with van der Waals surface area (Å²) < 4.78 is 13.7. The van der Waals surface area contributed by atoms with E-state index in [0.29, 0.717) is 22.0 Å². The summed E-state index contributed by atoms with van der Waals surface area (Å²) in [6.45, 7) is 0. The van der Waals surface area contributed by atoms with E-state index in [1.54, 1.807) is 12.1 Å². The lowest BCUT2D eigenvalue weighted by molar-refractivity contribution is 0.608. The van der Waals surface area contributed by atoms with Crippen molar-refractivity contribution in [1.82, 2.24) is 0 Å². The van der Waals surface area contributed by atoms with E-state index in [0.717, 1.165) is 5.56 Å². The second kappa shape index (κ2) is 6.05. The van der Waals surface area contributed by atoms with Crippen molar-refractivity contribution in [3.63, 3.8) is 0 Å². The van der Waals surface area contributed by atoms with Gasteiger partial charge in [0.2, 0.25) is 0 Å². The van der Waals surface area contributed by atoms with E-state index in [1.165, 1.54) is 6.07 Å². The Morgan fingerprint density at radius 2 is 1.67 bits per heavy atom. The van der Waals surface area contributed by atoms with Crippen LogP contribution in [0.5, 0.6) is 0 Å². The van der Waals surface area contributed by atoms with Gasteiger partial charge in [0, 0.05) is 20.4 Å². The molecule has 0 fully saturated rings. The summed E-state index contributed by atoms with van der Waals surface area (Å²) in [4.78, 5) is -0.0689. The van der Waals surface area contributed by atoms with Gasteiger partial charge in [-0.2, -0.15) is 0 Å². The third kappa shape index (κ3) is 3.05. The van der Waals surface area contributed by atoms with E-state index < -0.39 is 0 Å². The maximum Gasteiger partial charge on any atom is 0.127 e. The number of halogens is 4. The zero-order valence-corrected chi connectivity index (χ0v) is 12.4. The molecule has 1 atom stereocenters. The van der Waals surface area contributed by atoms with Gasteiger partial charge in [0.25, 0.3) is 0 Å². The molecule has 4 heteroatoms. The van der Waals surface area contributed by atoms with E-state index in [1.807, 2.05) is 24.3 Å².